The van der Waals surface area contributed by atoms with E-state index in [9.17, 15) is 38.0 Å². The van der Waals surface area contributed by atoms with Crippen LogP contribution < -0.4 is 44.8 Å². The summed E-state index contributed by atoms with van der Waals surface area (Å²) in [4.78, 5) is 115. The number of fused-ring (bicyclic) bond motifs is 2. The van der Waals surface area contributed by atoms with E-state index in [1.165, 1.54) is 59.8 Å². The fraction of sp³-hybridized carbons (Fsp3) is 0.604. The van der Waals surface area contributed by atoms with Gasteiger partial charge in [-0.1, -0.05) is 46.3 Å². The van der Waals surface area contributed by atoms with Crippen molar-refractivity contribution in [1.82, 2.24) is 58.3 Å². The number of carboxylic acids is 2. The van der Waals surface area contributed by atoms with Gasteiger partial charge in [0.05, 0.1) is 19.3 Å². The zero-order chi connectivity index (χ0) is 60.5. The number of alkyl halides is 1. The summed E-state index contributed by atoms with van der Waals surface area (Å²) in [5, 5.41) is 20.7. The van der Waals surface area contributed by atoms with E-state index in [0.29, 0.717) is 74.3 Å². The number of nitrogens with zero attached hydrogens (tertiary/aromatic N) is 9. The van der Waals surface area contributed by atoms with Gasteiger partial charge < -0.3 is 49.3 Å². The lowest BCUT2D eigenvalue weighted by Crippen LogP contribution is -2.47. The summed E-state index contributed by atoms with van der Waals surface area (Å²) in [5.74, 6) is -2.99. The third-order valence-corrected chi connectivity index (χ3v) is 12.4. The molecule has 0 aliphatic carbocycles. The van der Waals surface area contributed by atoms with Crippen LogP contribution in [0.15, 0.2) is 53.0 Å². The number of H-pyrrole nitrogens is 1. The van der Waals surface area contributed by atoms with Crippen LogP contribution in [0.2, 0.25) is 0 Å². The number of amides is 1. The highest BCUT2D eigenvalue weighted by Crippen LogP contribution is 2.37. The Kier molecular flexibility index (Phi) is 34.8. The quantitative estimate of drug-likeness (QED) is 0.0404. The van der Waals surface area contributed by atoms with E-state index >= 15 is 0 Å². The molecule has 3 aromatic heterocycles. The van der Waals surface area contributed by atoms with Gasteiger partial charge in [0.15, 0.2) is 0 Å². The van der Waals surface area contributed by atoms with Crippen molar-refractivity contribution >= 4 is 51.0 Å². The van der Waals surface area contributed by atoms with E-state index in [2.05, 4.69) is 51.2 Å². The number of carboxylic acid groups (broad SMARTS) is 2. The van der Waals surface area contributed by atoms with Crippen molar-refractivity contribution in [1.29, 1.82) is 0 Å². The van der Waals surface area contributed by atoms with Crippen LogP contribution >= 0.6 is 28.1 Å². The van der Waals surface area contributed by atoms with E-state index in [1.54, 1.807) is 47.4 Å². The molecule has 1 aromatic carbocycles. The minimum absolute atomic E-state index is 0.0949. The lowest BCUT2D eigenvalue weighted by Gasteiger charge is -2.38. The van der Waals surface area contributed by atoms with E-state index in [-0.39, 0.29) is 55.6 Å². The molecule has 0 saturated carbocycles. The maximum atomic E-state index is 13.8. The Hall–Kier alpha value is -6.52. The average Bonchev–Trinajstić information content (AvgIpc) is 3.65. The summed E-state index contributed by atoms with van der Waals surface area (Å²) in [6.45, 7) is 2.93. The van der Waals surface area contributed by atoms with Crippen molar-refractivity contribution in [3.8, 4) is 0 Å². The van der Waals surface area contributed by atoms with Gasteiger partial charge in [0.25, 0.3) is 0 Å². The van der Waals surface area contributed by atoms with Gasteiger partial charge in [-0.25, -0.2) is 51.9 Å². The van der Waals surface area contributed by atoms with E-state index in [0.717, 1.165) is 47.1 Å². The fourth-order valence-corrected chi connectivity index (χ4v) is 7.86. The van der Waals surface area contributed by atoms with Crippen LogP contribution in [0.1, 0.15) is 61.6 Å². The molecule has 32 heteroatoms. The summed E-state index contributed by atoms with van der Waals surface area (Å²) in [5.41, 5.74) is -2.29. The first kappa shape index (κ1) is 71.5. The zero-order valence-corrected chi connectivity index (χ0v) is 49.0. The normalized spacial score (nSPS) is 14.9. The summed E-state index contributed by atoms with van der Waals surface area (Å²) in [6, 6.07) is 7.60. The molecule has 2 aliphatic rings. The Labute approximate surface area is 473 Å². The third-order valence-electron chi connectivity index (χ3n) is 11.6. The van der Waals surface area contributed by atoms with Crippen LogP contribution in [-0.4, -0.2) is 174 Å². The van der Waals surface area contributed by atoms with Gasteiger partial charge >= 0.3 is 46.1 Å². The number of aliphatic carboxylic acids is 2. The van der Waals surface area contributed by atoms with Crippen LogP contribution in [-0.2, 0) is 103 Å². The number of ether oxygens (including phenoxy) is 6. The molecule has 29 nitrogen and oxygen atoms in total. The number of benzene rings is 1. The van der Waals surface area contributed by atoms with Crippen molar-refractivity contribution in [2.24, 2.45) is 21.1 Å². The molecule has 5 heterocycles. The van der Waals surface area contributed by atoms with E-state index in [4.69, 9.17) is 55.7 Å². The number of hydrogen-bond acceptors (Lipinski definition) is 20. The first-order valence-electron chi connectivity index (χ1n) is 24.5. The Morgan fingerprint density at radius 1 is 0.688 bits per heavy atom. The number of methoxy groups -OCH3 is 5. The zero-order valence-electron chi connectivity index (χ0n) is 46.6. The molecular weight excluding hydrogens is 1150 g/mol. The number of carbonyl (C=O) groups excluding carboxylic acids is 1. The summed E-state index contributed by atoms with van der Waals surface area (Å²) < 4.78 is 49.9. The highest BCUT2D eigenvalue weighted by molar-refractivity contribution is 9.09. The van der Waals surface area contributed by atoms with Crippen molar-refractivity contribution in [3.63, 3.8) is 0 Å². The van der Waals surface area contributed by atoms with Gasteiger partial charge in [0.1, 0.15) is 54.7 Å². The van der Waals surface area contributed by atoms with Gasteiger partial charge in [0.2, 0.25) is 5.91 Å². The van der Waals surface area contributed by atoms with Crippen LogP contribution in [0.4, 0.5) is 4.39 Å². The van der Waals surface area contributed by atoms with Crippen LogP contribution in [0.3, 0.4) is 0 Å². The minimum atomic E-state index is -1.82. The number of nitrogens with one attached hydrogen (secondary N) is 3. The molecule has 1 amide bonds. The minimum Gasteiger partial charge on any atom is -0.473 e. The molecular formula is C48H74BrFN12O17S. The van der Waals surface area contributed by atoms with Gasteiger partial charge in [-0.2, -0.15) is 15.0 Å². The lowest BCUT2D eigenvalue weighted by molar-refractivity contribution is -0.159. The second kappa shape index (κ2) is 39.0. The van der Waals surface area contributed by atoms with Gasteiger partial charge in [0, 0.05) is 113 Å². The van der Waals surface area contributed by atoms with Crippen molar-refractivity contribution < 1.29 is 57.4 Å². The standard InChI is InChI=1S/C23H31FN4O4.C9H14BrN3O3.C6H9N3O3.C4H9NO2.C4H9NOS.C2H2O4/c1-26-21(15-31-2)25-22(29)28(23(26)30)11-5-10-27-17-8-9-18(27)13-19(12-17)32-14-16-6-3-4-7-20(16)24;1-12-7(6-16-2)11-8(14)13(9(12)15)5-3-4-10;1-9-4(3-12-2)7-5(10)8-6(9)11;1-5-4(6)3-7-2;1-5-4(7)3-6-2;3-1(4)2(5)6/h3-4,6-7,17-19H,5,8-15H2,1-2H3;3-6H2,1-2H3;3H2,1-2H3,(H,8,10,11);3H2,1-2H3,(H,5,6);3H2,1-2H3,(H,5,7);(H,3,4)(H,5,6). The molecule has 2 atom stereocenters. The molecule has 448 valence electrons. The van der Waals surface area contributed by atoms with Crippen LogP contribution in [0.25, 0.3) is 0 Å². The third kappa shape index (κ3) is 24.9. The monoisotopic (exact) mass is 1220 g/mol. The van der Waals surface area contributed by atoms with Crippen molar-refractivity contribution in [3.05, 3.63) is 116 Å². The number of aromatic nitrogens is 9. The molecule has 5 N–H and O–H groups in total. The smallest absolute Gasteiger partial charge is 0.414 e. The molecule has 6 rings (SSSR count). The maximum absolute atomic E-state index is 13.8. The highest BCUT2D eigenvalue weighted by atomic mass is 79.9. The molecule has 0 spiro atoms. The second-order valence-electron chi connectivity index (χ2n) is 17.1. The van der Waals surface area contributed by atoms with Crippen LogP contribution in [0.5, 0.6) is 0 Å². The molecule has 2 bridgehead atoms. The number of piperidine rings is 1. The molecule has 2 aliphatic heterocycles. The average molecular weight is 1220 g/mol. The fourth-order valence-electron chi connectivity index (χ4n) is 7.49. The SMILES string of the molecule is CNC(=O)COC.CNC(=S)COC.COCc1nc(=O)[nH]c(=O)n1C.COCc1nc(=O)n(CCCBr)c(=O)n1C.COCc1nc(=O)n(CCCN2C3CCC2CC(OCc2ccccc2F)C3)c(=O)n1C.O=C(O)C(=O)O. The Balaban J connectivity index is 0.000000555. The molecule has 2 fully saturated rings. The number of likely N-dealkylation sites (N-methyl/N-ethyl adjacent to an activating group) is 2. The maximum Gasteiger partial charge on any atom is 0.414 e. The van der Waals surface area contributed by atoms with Gasteiger partial charge in [-0.15, -0.1) is 0 Å². The Bertz CT molecular complexity index is 2910. The van der Waals surface area contributed by atoms with E-state index in [1.807, 2.05) is 11.1 Å². The largest absolute Gasteiger partial charge is 0.473 e. The number of rotatable bonds is 20. The summed E-state index contributed by atoms with van der Waals surface area (Å²) in [6.07, 6.45) is 5.66. The topological polar surface area (TPSA) is 356 Å². The predicted octanol–water partition coefficient (Wildman–Crippen LogP) is -0.968. The first-order valence-corrected chi connectivity index (χ1v) is 26.0. The number of carbonyl (C=O) groups is 3. The van der Waals surface area contributed by atoms with Gasteiger partial charge in [-0.3, -0.25) is 28.4 Å². The van der Waals surface area contributed by atoms with Crippen LogP contribution in [0, 0.1) is 5.82 Å². The molecule has 80 heavy (non-hydrogen) atoms. The Morgan fingerprint density at radius 3 is 1.56 bits per heavy atom. The van der Waals surface area contributed by atoms with Crippen molar-refractivity contribution in [2.45, 2.75) is 96.2 Å². The Morgan fingerprint density at radius 2 is 1.16 bits per heavy atom. The molecule has 0 radical (unpaired) electrons. The summed E-state index contributed by atoms with van der Waals surface area (Å²) in [7, 11) is 15.6. The van der Waals surface area contributed by atoms with Crippen molar-refractivity contribution in [2.75, 3.05) is 74.7 Å². The van der Waals surface area contributed by atoms with E-state index < -0.39 is 34.7 Å². The molecule has 2 unspecified atom stereocenters. The summed E-state index contributed by atoms with van der Waals surface area (Å²) >= 11 is 7.97. The molecule has 2 saturated heterocycles. The lowest BCUT2D eigenvalue weighted by atomic mass is 9.99. The highest BCUT2D eigenvalue weighted by Gasteiger charge is 2.40. The number of thiocarbonyl (C=S) groups is 1. The number of hydrogen-bond donors (Lipinski definition) is 5. The first-order chi connectivity index (χ1) is 38.0. The predicted molar refractivity (Wildman–Crippen MR) is 295 cm³/mol. The van der Waals surface area contributed by atoms with Gasteiger partial charge in [-0.05, 0) is 44.6 Å². The number of aromatic amines is 1. The number of halogens is 2. The molecule has 4 aromatic rings. The second-order valence-corrected chi connectivity index (χ2v) is 18.4.